The van der Waals surface area contributed by atoms with Crippen LogP contribution >= 0.6 is 24.0 Å². The quantitative estimate of drug-likeness (QED) is 0.273. The van der Waals surface area contributed by atoms with E-state index in [2.05, 4.69) is 39.9 Å². The second-order valence-corrected chi connectivity index (χ2v) is 8.07. The van der Waals surface area contributed by atoms with Gasteiger partial charge < -0.3 is 25.6 Å². The van der Waals surface area contributed by atoms with Crippen molar-refractivity contribution < 1.29 is 9.53 Å². The zero-order chi connectivity index (χ0) is 21.3. The van der Waals surface area contributed by atoms with Crippen molar-refractivity contribution in [2.45, 2.75) is 46.6 Å². The second-order valence-electron chi connectivity index (χ2n) is 8.07. The number of amides is 1. The van der Waals surface area contributed by atoms with Crippen molar-refractivity contribution in [3.63, 3.8) is 0 Å². The summed E-state index contributed by atoms with van der Waals surface area (Å²) in [6, 6.07) is 8.49. The molecule has 0 saturated carbocycles. The maximum Gasteiger partial charge on any atom is 0.227 e. The average Bonchev–Trinajstić information content (AvgIpc) is 2.72. The zero-order valence-corrected chi connectivity index (χ0v) is 21.3. The third kappa shape index (κ3) is 7.85. The molecular weight excluding hydrogens is 493 g/mol. The van der Waals surface area contributed by atoms with Gasteiger partial charge in [-0.1, -0.05) is 6.07 Å². The molecule has 0 aliphatic carbocycles. The van der Waals surface area contributed by atoms with E-state index in [1.807, 2.05) is 32.9 Å². The van der Waals surface area contributed by atoms with Gasteiger partial charge in [0.05, 0.1) is 19.1 Å². The number of benzene rings is 1. The molecule has 30 heavy (non-hydrogen) atoms. The van der Waals surface area contributed by atoms with E-state index in [-0.39, 0.29) is 29.9 Å². The van der Waals surface area contributed by atoms with Crippen LogP contribution in [0.4, 0.5) is 5.69 Å². The number of carbonyl (C=O) groups is 1. The SMILES string of the molecule is CCNC(=O)C(C)(C)CN=C(NCC)NC1CCCN(c2cccc(OC)c2)C1.I. The van der Waals surface area contributed by atoms with Gasteiger partial charge in [-0.2, -0.15) is 0 Å². The highest BCUT2D eigenvalue weighted by Gasteiger charge is 2.27. The van der Waals surface area contributed by atoms with E-state index < -0.39 is 5.41 Å². The van der Waals surface area contributed by atoms with E-state index in [1.54, 1.807) is 7.11 Å². The Morgan fingerprint density at radius 3 is 2.67 bits per heavy atom. The largest absolute Gasteiger partial charge is 0.497 e. The Kier molecular flexibility index (Phi) is 11.3. The van der Waals surface area contributed by atoms with E-state index in [4.69, 9.17) is 9.73 Å². The lowest BCUT2D eigenvalue weighted by Gasteiger charge is -2.35. The molecule has 1 fully saturated rings. The smallest absolute Gasteiger partial charge is 0.227 e. The number of piperidine rings is 1. The summed E-state index contributed by atoms with van der Waals surface area (Å²) in [6.07, 6.45) is 2.20. The van der Waals surface area contributed by atoms with Crippen molar-refractivity contribution in [2.75, 3.05) is 44.7 Å². The zero-order valence-electron chi connectivity index (χ0n) is 19.0. The van der Waals surface area contributed by atoms with Gasteiger partial charge in [0.1, 0.15) is 5.75 Å². The molecule has 0 bridgehead atoms. The third-order valence-corrected chi connectivity index (χ3v) is 5.11. The fourth-order valence-electron chi connectivity index (χ4n) is 3.40. The summed E-state index contributed by atoms with van der Waals surface area (Å²) >= 11 is 0. The number of rotatable bonds is 8. The summed E-state index contributed by atoms with van der Waals surface area (Å²) in [5.41, 5.74) is 0.632. The summed E-state index contributed by atoms with van der Waals surface area (Å²) in [5.74, 6) is 1.67. The topological polar surface area (TPSA) is 78.0 Å². The molecule has 1 aliphatic rings. The van der Waals surface area contributed by atoms with Crippen LogP contribution in [-0.2, 0) is 4.79 Å². The van der Waals surface area contributed by atoms with Crippen molar-refractivity contribution in [1.82, 2.24) is 16.0 Å². The van der Waals surface area contributed by atoms with Gasteiger partial charge in [0.2, 0.25) is 5.91 Å². The second kappa shape index (κ2) is 12.9. The first kappa shape index (κ1) is 26.3. The number of hydrogen-bond acceptors (Lipinski definition) is 4. The molecule has 0 radical (unpaired) electrons. The first-order valence-corrected chi connectivity index (χ1v) is 10.6. The highest BCUT2D eigenvalue weighted by atomic mass is 127. The molecule has 1 aliphatic heterocycles. The normalized spacial score (nSPS) is 17.0. The molecule has 1 saturated heterocycles. The number of nitrogens with one attached hydrogen (secondary N) is 3. The summed E-state index contributed by atoms with van der Waals surface area (Å²) < 4.78 is 5.37. The maximum atomic E-state index is 12.2. The molecule has 1 aromatic rings. The average molecular weight is 531 g/mol. The van der Waals surface area contributed by atoms with Crippen LogP contribution < -0.4 is 25.6 Å². The number of nitrogens with zero attached hydrogens (tertiary/aromatic N) is 2. The lowest BCUT2D eigenvalue weighted by atomic mass is 9.92. The van der Waals surface area contributed by atoms with Gasteiger partial charge in [0.25, 0.3) is 0 Å². The molecule has 170 valence electrons. The molecule has 1 amide bonds. The standard InChI is InChI=1S/C22H37N5O2.HI/c1-6-23-20(28)22(3,4)16-25-21(24-7-2)26-17-10-9-13-27(15-17)18-11-8-12-19(14-18)29-5;/h8,11-12,14,17H,6-7,9-10,13,15-16H2,1-5H3,(H,23,28)(H2,24,25,26);1H. The van der Waals surface area contributed by atoms with E-state index >= 15 is 0 Å². The Balaban J connectivity index is 0.00000450. The predicted molar refractivity (Wildman–Crippen MR) is 135 cm³/mol. The van der Waals surface area contributed by atoms with Crippen LogP contribution in [0.15, 0.2) is 29.3 Å². The van der Waals surface area contributed by atoms with Crippen LogP contribution in [0.2, 0.25) is 0 Å². The van der Waals surface area contributed by atoms with Gasteiger partial charge in [-0.25, -0.2) is 0 Å². The van der Waals surface area contributed by atoms with Gasteiger partial charge in [0.15, 0.2) is 5.96 Å². The Bertz CT molecular complexity index is 696. The van der Waals surface area contributed by atoms with Crippen LogP contribution in [0.5, 0.6) is 5.75 Å². The van der Waals surface area contributed by atoms with Crippen LogP contribution in [0.1, 0.15) is 40.5 Å². The summed E-state index contributed by atoms with van der Waals surface area (Å²) in [5, 5.41) is 9.77. The number of anilines is 1. The molecule has 3 N–H and O–H groups in total. The van der Waals surface area contributed by atoms with Crippen molar-refractivity contribution >= 4 is 41.5 Å². The number of halogens is 1. The van der Waals surface area contributed by atoms with Gasteiger partial charge in [-0.3, -0.25) is 9.79 Å². The monoisotopic (exact) mass is 531 g/mol. The van der Waals surface area contributed by atoms with Gasteiger partial charge in [-0.15, -0.1) is 24.0 Å². The molecule has 8 heteroatoms. The molecule has 1 atom stereocenters. The number of aliphatic imine (C=N–C) groups is 1. The first-order valence-electron chi connectivity index (χ1n) is 10.6. The number of methoxy groups -OCH3 is 1. The van der Waals surface area contributed by atoms with Crippen molar-refractivity contribution in [1.29, 1.82) is 0 Å². The van der Waals surface area contributed by atoms with Crippen LogP contribution in [0, 0.1) is 5.41 Å². The van der Waals surface area contributed by atoms with Crippen molar-refractivity contribution in [2.24, 2.45) is 10.4 Å². The Hall–Kier alpha value is -1.71. The van der Waals surface area contributed by atoms with Crippen molar-refractivity contribution in [3.05, 3.63) is 24.3 Å². The van der Waals surface area contributed by atoms with E-state index in [0.717, 1.165) is 44.2 Å². The highest BCUT2D eigenvalue weighted by Crippen LogP contribution is 2.24. The van der Waals surface area contributed by atoms with Gasteiger partial charge >= 0.3 is 0 Å². The number of carbonyl (C=O) groups excluding carboxylic acids is 1. The molecular formula is C22H38IN5O2. The predicted octanol–water partition coefficient (Wildman–Crippen LogP) is 3.00. The minimum atomic E-state index is -0.544. The van der Waals surface area contributed by atoms with E-state index in [9.17, 15) is 4.79 Å². The third-order valence-electron chi connectivity index (χ3n) is 5.11. The van der Waals surface area contributed by atoms with Gasteiger partial charge in [0, 0.05) is 44.0 Å². The van der Waals surface area contributed by atoms with Gasteiger partial charge in [-0.05, 0) is 52.7 Å². The summed E-state index contributed by atoms with van der Waals surface area (Å²) in [4.78, 5) is 19.3. The molecule has 1 heterocycles. The summed E-state index contributed by atoms with van der Waals surface area (Å²) in [6.45, 7) is 11.6. The number of hydrogen-bond donors (Lipinski definition) is 3. The van der Waals surface area contributed by atoms with Crippen LogP contribution in [0.3, 0.4) is 0 Å². The van der Waals surface area contributed by atoms with E-state index in [1.165, 1.54) is 5.69 Å². The minimum Gasteiger partial charge on any atom is -0.497 e. The van der Waals surface area contributed by atoms with Crippen molar-refractivity contribution in [3.8, 4) is 5.75 Å². The fourth-order valence-corrected chi connectivity index (χ4v) is 3.40. The lowest BCUT2D eigenvalue weighted by molar-refractivity contribution is -0.128. The maximum absolute atomic E-state index is 12.2. The molecule has 0 aromatic heterocycles. The molecule has 7 nitrogen and oxygen atoms in total. The van der Waals surface area contributed by atoms with E-state index in [0.29, 0.717) is 19.1 Å². The fraction of sp³-hybridized carbons (Fsp3) is 0.636. The number of ether oxygens (including phenoxy) is 1. The molecule has 1 aromatic carbocycles. The lowest BCUT2D eigenvalue weighted by Crippen LogP contribution is -2.51. The minimum absolute atomic E-state index is 0. The molecule has 1 unspecified atom stereocenters. The van der Waals surface area contributed by atoms with Crippen LogP contribution in [0.25, 0.3) is 0 Å². The molecule has 0 spiro atoms. The first-order chi connectivity index (χ1) is 13.9. The Labute approximate surface area is 198 Å². The molecule has 2 rings (SSSR count). The van der Waals surface area contributed by atoms with Crippen LogP contribution in [-0.4, -0.2) is 57.7 Å². The number of guanidine groups is 1. The highest BCUT2D eigenvalue weighted by molar-refractivity contribution is 14.0. The Morgan fingerprint density at radius 1 is 1.27 bits per heavy atom. The Morgan fingerprint density at radius 2 is 2.00 bits per heavy atom. The summed E-state index contributed by atoms with van der Waals surface area (Å²) in [7, 11) is 1.70.